The highest BCUT2D eigenvalue weighted by atomic mass is 19.1. The van der Waals surface area contributed by atoms with E-state index in [2.05, 4.69) is 0 Å². The lowest BCUT2D eigenvalue weighted by atomic mass is 10.1. The van der Waals surface area contributed by atoms with Crippen LogP contribution in [0.15, 0.2) is 54.6 Å². The van der Waals surface area contributed by atoms with E-state index in [1.165, 1.54) is 29.2 Å². The molecule has 0 aliphatic carbocycles. The van der Waals surface area contributed by atoms with Gasteiger partial charge < -0.3 is 5.11 Å². The van der Waals surface area contributed by atoms with Gasteiger partial charge in [0.2, 0.25) is 0 Å². The summed E-state index contributed by atoms with van der Waals surface area (Å²) in [5.74, 6) is -0.806. The van der Waals surface area contributed by atoms with Crippen LogP contribution in [0.4, 0.5) is 14.9 Å². The predicted octanol–water partition coefficient (Wildman–Crippen LogP) is 2.72. The number of aliphatic hydroxyl groups is 1. The van der Waals surface area contributed by atoms with Crippen molar-refractivity contribution in [3.63, 3.8) is 0 Å². The number of amides is 3. The van der Waals surface area contributed by atoms with Crippen molar-refractivity contribution in [2.75, 3.05) is 11.4 Å². The molecular formula is C18H17FN2O3. The highest BCUT2D eigenvalue weighted by molar-refractivity contribution is 6.14. The van der Waals surface area contributed by atoms with Gasteiger partial charge in [-0.3, -0.25) is 14.6 Å². The Hall–Kier alpha value is -2.73. The molecule has 24 heavy (non-hydrogen) atoms. The monoisotopic (exact) mass is 328 g/mol. The van der Waals surface area contributed by atoms with E-state index in [4.69, 9.17) is 0 Å². The Labute approximate surface area is 138 Å². The minimum atomic E-state index is -0.959. The summed E-state index contributed by atoms with van der Waals surface area (Å²) in [7, 11) is 0. The molecular weight excluding hydrogens is 311 g/mol. The number of hydrogen-bond donors (Lipinski definition) is 1. The largest absolute Gasteiger partial charge is 0.387 e. The van der Waals surface area contributed by atoms with E-state index in [0.29, 0.717) is 11.3 Å². The smallest absolute Gasteiger partial charge is 0.332 e. The van der Waals surface area contributed by atoms with Crippen LogP contribution in [0, 0.1) is 5.82 Å². The summed E-state index contributed by atoms with van der Waals surface area (Å²) < 4.78 is 13.1. The fraction of sp³-hybridized carbons (Fsp3) is 0.222. The van der Waals surface area contributed by atoms with Crippen molar-refractivity contribution in [3.8, 4) is 0 Å². The lowest BCUT2D eigenvalue weighted by Crippen LogP contribution is -2.36. The summed E-state index contributed by atoms with van der Waals surface area (Å²) in [4.78, 5) is 27.4. The third-order valence-electron chi connectivity index (χ3n) is 4.09. The zero-order valence-corrected chi connectivity index (χ0v) is 13.1. The molecule has 1 saturated heterocycles. The first-order chi connectivity index (χ1) is 11.5. The first-order valence-corrected chi connectivity index (χ1v) is 7.62. The SMILES string of the molecule is C[C@@H]1C(=O)N(C[C@@H](O)c2ccccc2)C(=O)N1c1ccc(F)cc1. The van der Waals surface area contributed by atoms with Crippen molar-refractivity contribution in [2.24, 2.45) is 0 Å². The van der Waals surface area contributed by atoms with Gasteiger partial charge in [-0.05, 0) is 36.8 Å². The van der Waals surface area contributed by atoms with Crippen molar-refractivity contribution in [1.82, 2.24) is 4.90 Å². The zero-order valence-electron chi connectivity index (χ0n) is 13.1. The van der Waals surface area contributed by atoms with Gasteiger partial charge in [-0.1, -0.05) is 30.3 Å². The highest BCUT2D eigenvalue weighted by Crippen LogP contribution is 2.27. The van der Waals surface area contributed by atoms with E-state index < -0.39 is 24.0 Å². The fourth-order valence-electron chi connectivity index (χ4n) is 2.78. The Bertz CT molecular complexity index is 749. The average molecular weight is 328 g/mol. The summed E-state index contributed by atoms with van der Waals surface area (Å²) in [6.45, 7) is 1.49. The molecule has 0 unspecified atom stereocenters. The number of nitrogens with zero attached hydrogens (tertiary/aromatic N) is 2. The Kier molecular flexibility index (Phi) is 4.31. The van der Waals surface area contributed by atoms with E-state index in [1.54, 1.807) is 31.2 Å². The van der Waals surface area contributed by atoms with E-state index in [-0.39, 0.29) is 12.5 Å². The molecule has 1 heterocycles. The molecule has 0 saturated carbocycles. The number of aliphatic hydroxyl groups excluding tert-OH is 1. The fourth-order valence-corrected chi connectivity index (χ4v) is 2.78. The van der Waals surface area contributed by atoms with E-state index in [1.807, 2.05) is 6.07 Å². The molecule has 124 valence electrons. The molecule has 3 amide bonds. The van der Waals surface area contributed by atoms with Crippen LogP contribution >= 0.6 is 0 Å². The number of β-amino-alcohol motifs (C(OH)–C–C–N with tert-alkyl or cyclic N) is 1. The van der Waals surface area contributed by atoms with Gasteiger partial charge in [0.15, 0.2) is 0 Å². The van der Waals surface area contributed by atoms with Gasteiger partial charge in [-0.15, -0.1) is 0 Å². The summed E-state index contributed by atoms with van der Waals surface area (Å²) in [6.07, 6.45) is -0.959. The first kappa shape index (κ1) is 16.1. The maximum absolute atomic E-state index is 13.1. The second-order valence-corrected chi connectivity index (χ2v) is 5.68. The summed E-state index contributed by atoms with van der Waals surface area (Å²) in [5, 5.41) is 10.3. The molecule has 0 spiro atoms. The van der Waals surface area contributed by atoms with Crippen LogP contribution in [0.3, 0.4) is 0 Å². The Morgan fingerprint density at radius 2 is 1.71 bits per heavy atom. The van der Waals surface area contributed by atoms with Crippen molar-refractivity contribution in [3.05, 3.63) is 66.0 Å². The van der Waals surface area contributed by atoms with Crippen LogP contribution in [0.2, 0.25) is 0 Å². The van der Waals surface area contributed by atoms with Gasteiger partial charge in [0.25, 0.3) is 5.91 Å². The van der Waals surface area contributed by atoms with Gasteiger partial charge in [0.05, 0.1) is 12.6 Å². The number of anilines is 1. The van der Waals surface area contributed by atoms with Gasteiger partial charge in [-0.25, -0.2) is 9.18 Å². The third-order valence-corrected chi connectivity index (χ3v) is 4.09. The number of hydrogen-bond acceptors (Lipinski definition) is 3. The van der Waals surface area contributed by atoms with Gasteiger partial charge in [0.1, 0.15) is 11.9 Å². The van der Waals surface area contributed by atoms with E-state index >= 15 is 0 Å². The van der Waals surface area contributed by atoms with Crippen LogP contribution in [-0.4, -0.2) is 34.5 Å². The number of halogens is 1. The molecule has 0 bridgehead atoms. The van der Waals surface area contributed by atoms with Crippen LogP contribution in [0.1, 0.15) is 18.6 Å². The normalized spacial score (nSPS) is 19.0. The highest BCUT2D eigenvalue weighted by Gasteiger charge is 2.43. The molecule has 2 atom stereocenters. The van der Waals surface area contributed by atoms with Gasteiger partial charge in [0, 0.05) is 5.69 Å². The predicted molar refractivity (Wildman–Crippen MR) is 86.9 cm³/mol. The Morgan fingerprint density at radius 1 is 1.08 bits per heavy atom. The molecule has 0 radical (unpaired) electrons. The van der Waals surface area contributed by atoms with Crippen LogP contribution < -0.4 is 4.90 Å². The molecule has 1 aliphatic rings. The molecule has 1 aliphatic heterocycles. The second-order valence-electron chi connectivity index (χ2n) is 5.68. The number of carbonyl (C=O) groups is 2. The lowest BCUT2D eigenvalue weighted by molar-refractivity contribution is -0.127. The number of carbonyl (C=O) groups excluding carboxylic acids is 2. The van der Waals surface area contributed by atoms with Crippen LogP contribution in [0.5, 0.6) is 0 Å². The molecule has 5 nitrogen and oxygen atoms in total. The lowest BCUT2D eigenvalue weighted by Gasteiger charge is -2.20. The van der Waals surface area contributed by atoms with E-state index in [9.17, 15) is 19.1 Å². The standard InChI is InChI=1S/C18H17FN2O3/c1-12-17(23)20(11-16(22)13-5-3-2-4-6-13)18(24)21(12)15-9-7-14(19)8-10-15/h2-10,12,16,22H,11H2,1H3/t12-,16-/m1/s1. The van der Waals surface area contributed by atoms with Crippen LogP contribution in [0.25, 0.3) is 0 Å². The maximum Gasteiger partial charge on any atom is 0.332 e. The van der Waals surface area contributed by atoms with Crippen LogP contribution in [-0.2, 0) is 4.79 Å². The average Bonchev–Trinajstić information content (AvgIpc) is 2.80. The summed E-state index contributed by atoms with van der Waals surface area (Å²) in [6, 6.07) is 13.0. The minimum absolute atomic E-state index is 0.121. The summed E-state index contributed by atoms with van der Waals surface area (Å²) in [5.41, 5.74) is 1.07. The molecule has 3 rings (SSSR count). The molecule has 1 fully saturated rings. The molecule has 6 heteroatoms. The van der Waals surface area contributed by atoms with Crippen molar-refractivity contribution >= 4 is 17.6 Å². The Balaban J connectivity index is 1.81. The van der Waals surface area contributed by atoms with Gasteiger partial charge in [-0.2, -0.15) is 0 Å². The molecule has 0 aromatic heterocycles. The molecule has 2 aromatic rings. The Morgan fingerprint density at radius 3 is 2.33 bits per heavy atom. The number of rotatable bonds is 4. The number of urea groups is 1. The second kappa shape index (κ2) is 6.41. The minimum Gasteiger partial charge on any atom is -0.387 e. The maximum atomic E-state index is 13.1. The van der Waals surface area contributed by atoms with Crippen molar-refractivity contribution in [2.45, 2.75) is 19.1 Å². The topological polar surface area (TPSA) is 60.9 Å². The van der Waals surface area contributed by atoms with E-state index in [0.717, 1.165) is 4.90 Å². The first-order valence-electron chi connectivity index (χ1n) is 7.62. The third kappa shape index (κ3) is 2.88. The molecule has 2 aromatic carbocycles. The van der Waals surface area contributed by atoms with Crippen molar-refractivity contribution in [1.29, 1.82) is 0 Å². The number of benzene rings is 2. The molecule has 1 N–H and O–H groups in total. The van der Waals surface area contributed by atoms with Gasteiger partial charge >= 0.3 is 6.03 Å². The zero-order chi connectivity index (χ0) is 17.3. The quantitative estimate of drug-likeness (QED) is 0.878. The number of imide groups is 1. The van der Waals surface area contributed by atoms with Crippen molar-refractivity contribution < 1.29 is 19.1 Å². The summed E-state index contributed by atoms with van der Waals surface area (Å²) >= 11 is 0.